The fourth-order valence-corrected chi connectivity index (χ4v) is 1.49. The zero-order valence-electron chi connectivity index (χ0n) is 10.0. The lowest BCUT2D eigenvalue weighted by atomic mass is 10.1. The van der Waals surface area contributed by atoms with E-state index < -0.39 is 0 Å². The van der Waals surface area contributed by atoms with Gasteiger partial charge in [-0.1, -0.05) is 12.1 Å². The van der Waals surface area contributed by atoms with Crippen molar-refractivity contribution in [1.82, 2.24) is 15.2 Å². The van der Waals surface area contributed by atoms with Crippen molar-refractivity contribution < 1.29 is 4.79 Å². The molecule has 2 N–H and O–H groups in total. The Hall–Kier alpha value is -2.17. The van der Waals surface area contributed by atoms with Crippen molar-refractivity contribution in [2.75, 3.05) is 5.32 Å². The first-order valence-corrected chi connectivity index (χ1v) is 5.34. The first-order chi connectivity index (χ1) is 8.06. The highest BCUT2D eigenvalue weighted by Crippen LogP contribution is 2.16. The zero-order chi connectivity index (χ0) is 12.4. The van der Waals surface area contributed by atoms with E-state index in [4.69, 9.17) is 0 Å². The molecular weight excluding hydrogens is 216 g/mol. The van der Waals surface area contributed by atoms with Crippen LogP contribution in [0.15, 0.2) is 18.2 Å². The minimum Gasteiger partial charge on any atom is -0.319 e. The molecule has 17 heavy (non-hydrogen) atoms. The Morgan fingerprint density at radius 1 is 1.29 bits per heavy atom. The second kappa shape index (κ2) is 4.37. The molecule has 0 radical (unpaired) electrons. The summed E-state index contributed by atoms with van der Waals surface area (Å²) in [5.41, 5.74) is 2.89. The van der Waals surface area contributed by atoms with Crippen molar-refractivity contribution in [3.05, 3.63) is 41.0 Å². The van der Waals surface area contributed by atoms with Crippen molar-refractivity contribution >= 4 is 11.6 Å². The van der Waals surface area contributed by atoms with E-state index in [2.05, 4.69) is 20.5 Å². The maximum absolute atomic E-state index is 11.8. The van der Waals surface area contributed by atoms with Crippen LogP contribution in [0, 0.1) is 20.8 Å². The minimum atomic E-state index is -0.303. The van der Waals surface area contributed by atoms with Gasteiger partial charge in [-0.15, -0.1) is 5.10 Å². The van der Waals surface area contributed by atoms with Gasteiger partial charge < -0.3 is 5.32 Å². The van der Waals surface area contributed by atoms with Gasteiger partial charge in [-0.2, -0.15) is 0 Å². The van der Waals surface area contributed by atoms with Crippen LogP contribution in [0.2, 0.25) is 0 Å². The standard InChI is InChI=1S/C12H14N4O/c1-7-4-5-8(2)10(6-7)14-12(17)11-13-9(3)15-16-11/h4-6H,1-3H3,(H,14,17)(H,13,15,16). The van der Waals surface area contributed by atoms with Gasteiger partial charge in [-0.25, -0.2) is 4.98 Å². The van der Waals surface area contributed by atoms with E-state index in [0.29, 0.717) is 5.82 Å². The minimum absolute atomic E-state index is 0.156. The number of aryl methyl sites for hydroxylation is 3. The molecule has 1 heterocycles. The summed E-state index contributed by atoms with van der Waals surface area (Å²) >= 11 is 0. The van der Waals surface area contributed by atoms with Gasteiger partial charge in [0, 0.05) is 5.69 Å². The number of aromatic nitrogens is 3. The Bertz CT molecular complexity index is 559. The molecule has 0 aliphatic heterocycles. The molecule has 0 atom stereocenters. The summed E-state index contributed by atoms with van der Waals surface area (Å²) in [6.07, 6.45) is 0. The number of nitrogens with zero attached hydrogens (tertiary/aromatic N) is 2. The van der Waals surface area contributed by atoms with Gasteiger partial charge in [0.1, 0.15) is 5.82 Å². The Balaban J connectivity index is 2.21. The molecule has 0 fully saturated rings. The third-order valence-electron chi connectivity index (χ3n) is 2.44. The van der Waals surface area contributed by atoms with E-state index in [0.717, 1.165) is 16.8 Å². The lowest BCUT2D eigenvalue weighted by Crippen LogP contribution is -2.14. The van der Waals surface area contributed by atoms with Crippen molar-refractivity contribution in [2.24, 2.45) is 0 Å². The van der Waals surface area contributed by atoms with Crippen LogP contribution in [0.4, 0.5) is 5.69 Å². The normalized spacial score (nSPS) is 10.3. The molecule has 88 valence electrons. The maximum Gasteiger partial charge on any atom is 0.295 e. The summed E-state index contributed by atoms with van der Waals surface area (Å²) in [7, 11) is 0. The lowest BCUT2D eigenvalue weighted by molar-refractivity contribution is 0.101. The highest BCUT2D eigenvalue weighted by Gasteiger charge is 2.12. The van der Waals surface area contributed by atoms with Crippen molar-refractivity contribution in [1.29, 1.82) is 0 Å². The average Bonchev–Trinajstić information content (AvgIpc) is 2.70. The fourth-order valence-electron chi connectivity index (χ4n) is 1.49. The Morgan fingerprint density at radius 3 is 2.71 bits per heavy atom. The van der Waals surface area contributed by atoms with E-state index in [1.54, 1.807) is 6.92 Å². The predicted octanol–water partition coefficient (Wildman–Crippen LogP) is 1.98. The number of rotatable bonds is 2. The molecule has 2 aromatic rings. The lowest BCUT2D eigenvalue weighted by Gasteiger charge is -2.07. The first kappa shape index (κ1) is 11.3. The Labute approximate surface area is 99.3 Å². The molecule has 1 aromatic heterocycles. The van der Waals surface area contributed by atoms with Gasteiger partial charge in [0.05, 0.1) is 0 Å². The van der Waals surface area contributed by atoms with Gasteiger partial charge in [-0.3, -0.25) is 9.89 Å². The molecule has 0 bridgehead atoms. The third-order valence-corrected chi connectivity index (χ3v) is 2.44. The number of hydrogen-bond donors (Lipinski definition) is 2. The number of carbonyl (C=O) groups is 1. The highest BCUT2D eigenvalue weighted by atomic mass is 16.2. The quantitative estimate of drug-likeness (QED) is 0.828. The molecule has 0 saturated heterocycles. The highest BCUT2D eigenvalue weighted by molar-refractivity contribution is 6.01. The van der Waals surface area contributed by atoms with E-state index in [1.165, 1.54) is 0 Å². The zero-order valence-corrected chi connectivity index (χ0v) is 10.0. The van der Waals surface area contributed by atoms with E-state index in [1.807, 2.05) is 32.0 Å². The van der Waals surface area contributed by atoms with Gasteiger partial charge >= 0.3 is 0 Å². The predicted molar refractivity (Wildman–Crippen MR) is 65.0 cm³/mol. The number of benzene rings is 1. The van der Waals surface area contributed by atoms with Gasteiger partial charge in [0.2, 0.25) is 5.82 Å². The summed E-state index contributed by atoms with van der Waals surface area (Å²) in [5.74, 6) is 0.475. The smallest absolute Gasteiger partial charge is 0.295 e. The topological polar surface area (TPSA) is 70.7 Å². The van der Waals surface area contributed by atoms with Crippen LogP contribution < -0.4 is 5.32 Å². The summed E-state index contributed by atoms with van der Waals surface area (Å²) < 4.78 is 0. The monoisotopic (exact) mass is 230 g/mol. The van der Waals surface area contributed by atoms with Gasteiger partial charge in [-0.05, 0) is 38.0 Å². The van der Waals surface area contributed by atoms with Crippen molar-refractivity contribution in [3.8, 4) is 0 Å². The largest absolute Gasteiger partial charge is 0.319 e. The molecule has 0 aliphatic carbocycles. The van der Waals surface area contributed by atoms with Crippen LogP contribution in [-0.2, 0) is 0 Å². The first-order valence-electron chi connectivity index (χ1n) is 5.34. The van der Waals surface area contributed by atoms with Crippen LogP contribution in [0.5, 0.6) is 0 Å². The molecular formula is C12H14N4O. The number of aromatic amines is 1. The fraction of sp³-hybridized carbons (Fsp3) is 0.250. The summed E-state index contributed by atoms with van der Waals surface area (Å²) in [4.78, 5) is 15.8. The van der Waals surface area contributed by atoms with Gasteiger partial charge in [0.15, 0.2) is 0 Å². The number of nitrogens with one attached hydrogen (secondary N) is 2. The summed E-state index contributed by atoms with van der Waals surface area (Å²) in [5, 5.41) is 9.25. The van der Waals surface area contributed by atoms with Crippen molar-refractivity contribution in [2.45, 2.75) is 20.8 Å². The van der Waals surface area contributed by atoms with E-state index >= 15 is 0 Å². The Kier molecular flexibility index (Phi) is 2.91. The third kappa shape index (κ3) is 2.50. The van der Waals surface area contributed by atoms with Crippen LogP contribution in [0.3, 0.4) is 0 Å². The summed E-state index contributed by atoms with van der Waals surface area (Å²) in [6.45, 7) is 5.67. The van der Waals surface area contributed by atoms with Gasteiger partial charge in [0.25, 0.3) is 5.91 Å². The number of hydrogen-bond acceptors (Lipinski definition) is 3. The molecule has 2 rings (SSSR count). The molecule has 5 heteroatoms. The maximum atomic E-state index is 11.8. The number of carbonyl (C=O) groups excluding carboxylic acids is 1. The van der Waals surface area contributed by atoms with Crippen molar-refractivity contribution in [3.63, 3.8) is 0 Å². The molecule has 0 aliphatic rings. The summed E-state index contributed by atoms with van der Waals surface area (Å²) in [6, 6.07) is 5.89. The van der Waals surface area contributed by atoms with Crippen LogP contribution in [0.25, 0.3) is 0 Å². The molecule has 0 saturated carbocycles. The van der Waals surface area contributed by atoms with E-state index in [9.17, 15) is 4.79 Å². The van der Waals surface area contributed by atoms with E-state index in [-0.39, 0.29) is 11.7 Å². The Morgan fingerprint density at radius 2 is 2.06 bits per heavy atom. The molecule has 0 spiro atoms. The molecule has 1 aromatic carbocycles. The van der Waals surface area contributed by atoms with Crippen LogP contribution in [-0.4, -0.2) is 21.1 Å². The van der Waals surface area contributed by atoms with Crippen LogP contribution in [0.1, 0.15) is 27.6 Å². The number of amides is 1. The second-order valence-corrected chi connectivity index (χ2v) is 4.02. The average molecular weight is 230 g/mol. The SMILES string of the molecule is Cc1ccc(C)c(NC(=O)c2n[nH]c(C)n2)c1. The van der Waals surface area contributed by atoms with Crippen LogP contribution >= 0.6 is 0 Å². The second-order valence-electron chi connectivity index (χ2n) is 4.02. The molecule has 1 amide bonds. The molecule has 0 unspecified atom stereocenters. The number of H-pyrrole nitrogens is 1. The molecule has 5 nitrogen and oxygen atoms in total. The number of anilines is 1.